The Bertz CT molecular complexity index is 1050. The molecular formula is C24H26N2O4. The third-order valence-electron chi connectivity index (χ3n) is 5.90. The third-order valence-corrected chi connectivity index (χ3v) is 5.90. The Balaban J connectivity index is 1.83. The average Bonchev–Trinajstić information content (AvgIpc) is 3.35. The number of amides is 2. The number of imide groups is 1. The van der Waals surface area contributed by atoms with Gasteiger partial charge in [-0.15, -0.1) is 0 Å². The summed E-state index contributed by atoms with van der Waals surface area (Å²) >= 11 is 0. The normalized spacial score (nSPS) is 16.7. The van der Waals surface area contributed by atoms with E-state index in [1.165, 1.54) is 12.0 Å². The Kier molecular flexibility index (Phi) is 5.24. The monoisotopic (exact) mass is 406 g/mol. The Hall–Kier alpha value is -3.28. The van der Waals surface area contributed by atoms with Gasteiger partial charge in [0.2, 0.25) is 0 Å². The molecule has 2 aliphatic heterocycles. The maximum Gasteiger partial charge on any atom is 0.282 e. The standard InChI is InChI=1S/C24H26N2O4/c1-15-7-8-17(13-16(15)2)21-22(25-11-5-6-12-25)24(28)26(23(21)27)18-9-10-19(29-3)20(14-18)30-4/h7-10,13-14H,5-6,11-12H2,1-4H3. The minimum absolute atomic E-state index is 0.289. The van der Waals surface area contributed by atoms with Crippen molar-refractivity contribution in [3.05, 3.63) is 58.8 Å². The van der Waals surface area contributed by atoms with E-state index >= 15 is 0 Å². The van der Waals surface area contributed by atoms with Gasteiger partial charge >= 0.3 is 0 Å². The molecule has 4 rings (SSSR count). The number of likely N-dealkylation sites (tertiary alicyclic amines) is 1. The predicted octanol–water partition coefficient (Wildman–Crippen LogP) is 3.70. The molecule has 0 spiro atoms. The van der Waals surface area contributed by atoms with E-state index in [-0.39, 0.29) is 11.8 Å². The topological polar surface area (TPSA) is 59.1 Å². The molecule has 0 saturated carbocycles. The number of aryl methyl sites for hydroxylation is 2. The fourth-order valence-corrected chi connectivity index (χ4v) is 4.11. The number of carbonyl (C=O) groups excluding carboxylic acids is 2. The second-order valence-electron chi connectivity index (χ2n) is 7.70. The highest BCUT2D eigenvalue weighted by Crippen LogP contribution is 2.39. The second kappa shape index (κ2) is 7.86. The van der Waals surface area contributed by atoms with Gasteiger partial charge in [0.25, 0.3) is 11.8 Å². The molecule has 156 valence electrons. The van der Waals surface area contributed by atoms with Crippen molar-refractivity contribution in [2.24, 2.45) is 0 Å². The van der Waals surface area contributed by atoms with Crippen molar-refractivity contribution in [1.29, 1.82) is 0 Å². The highest BCUT2D eigenvalue weighted by atomic mass is 16.5. The lowest BCUT2D eigenvalue weighted by molar-refractivity contribution is -0.120. The van der Waals surface area contributed by atoms with Crippen molar-refractivity contribution in [3.8, 4) is 11.5 Å². The van der Waals surface area contributed by atoms with Crippen molar-refractivity contribution < 1.29 is 19.1 Å². The maximum absolute atomic E-state index is 13.6. The zero-order valence-corrected chi connectivity index (χ0v) is 17.8. The van der Waals surface area contributed by atoms with Crippen LogP contribution in [0, 0.1) is 13.8 Å². The van der Waals surface area contributed by atoms with Crippen LogP contribution in [0.2, 0.25) is 0 Å². The maximum atomic E-state index is 13.6. The van der Waals surface area contributed by atoms with Crippen LogP contribution in [0.4, 0.5) is 5.69 Å². The molecule has 2 amide bonds. The molecule has 0 aromatic heterocycles. The average molecular weight is 406 g/mol. The van der Waals surface area contributed by atoms with Crippen molar-refractivity contribution >= 4 is 23.1 Å². The first-order chi connectivity index (χ1) is 14.5. The number of ether oxygens (including phenoxy) is 2. The summed E-state index contributed by atoms with van der Waals surface area (Å²) in [7, 11) is 3.08. The summed E-state index contributed by atoms with van der Waals surface area (Å²) in [5, 5.41) is 0. The van der Waals surface area contributed by atoms with Crippen molar-refractivity contribution in [3.63, 3.8) is 0 Å². The smallest absolute Gasteiger partial charge is 0.282 e. The molecule has 2 aromatic rings. The van der Waals surface area contributed by atoms with Crippen LogP contribution >= 0.6 is 0 Å². The summed E-state index contributed by atoms with van der Waals surface area (Å²) in [6.07, 6.45) is 2.03. The summed E-state index contributed by atoms with van der Waals surface area (Å²) in [5.74, 6) is 0.417. The molecule has 1 saturated heterocycles. The molecule has 2 heterocycles. The molecule has 6 heteroatoms. The van der Waals surface area contributed by atoms with Crippen LogP contribution in [0.1, 0.15) is 29.5 Å². The minimum Gasteiger partial charge on any atom is -0.493 e. The molecule has 2 aliphatic rings. The van der Waals surface area contributed by atoms with E-state index < -0.39 is 0 Å². The Labute approximate surface area is 176 Å². The van der Waals surface area contributed by atoms with Gasteiger partial charge in [-0.05, 0) is 55.5 Å². The van der Waals surface area contributed by atoms with Crippen LogP contribution in [0.3, 0.4) is 0 Å². The number of methoxy groups -OCH3 is 2. The number of benzene rings is 2. The van der Waals surface area contributed by atoms with Gasteiger partial charge in [0.15, 0.2) is 11.5 Å². The molecule has 0 radical (unpaired) electrons. The van der Waals surface area contributed by atoms with Gasteiger partial charge in [-0.25, -0.2) is 4.90 Å². The second-order valence-corrected chi connectivity index (χ2v) is 7.70. The summed E-state index contributed by atoms with van der Waals surface area (Å²) in [4.78, 5) is 30.4. The fourth-order valence-electron chi connectivity index (χ4n) is 4.11. The van der Waals surface area contributed by atoms with Crippen molar-refractivity contribution in [2.75, 3.05) is 32.2 Å². The number of hydrogen-bond donors (Lipinski definition) is 0. The Morgan fingerprint density at radius 3 is 2.13 bits per heavy atom. The van der Waals surface area contributed by atoms with E-state index in [1.54, 1.807) is 25.3 Å². The molecule has 6 nitrogen and oxygen atoms in total. The highest BCUT2D eigenvalue weighted by molar-refractivity contribution is 6.45. The molecule has 1 fully saturated rings. The van der Waals surface area contributed by atoms with Gasteiger partial charge < -0.3 is 14.4 Å². The lowest BCUT2D eigenvalue weighted by atomic mass is 9.99. The fraction of sp³-hybridized carbons (Fsp3) is 0.333. The van der Waals surface area contributed by atoms with E-state index in [4.69, 9.17) is 9.47 Å². The molecule has 0 N–H and O–H groups in total. The first kappa shape index (κ1) is 20.0. The van der Waals surface area contributed by atoms with Crippen LogP contribution in [-0.2, 0) is 9.59 Å². The summed E-state index contributed by atoms with van der Waals surface area (Å²) in [6.45, 7) is 5.61. The van der Waals surface area contributed by atoms with Crippen molar-refractivity contribution in [1.82, 2.24) is 4.90 Å². The molecular weight excluding hydrogens is 380 g/mol. The first-order valence-electron chi connectivity index (χ1n) is 10.1. The summed E-state index contributed by atoms with van der Waals surface area (Å²) in [6, 6.07) is 11.0. The van der Waals surface area contributed by atoms with Gasteiger partial charge in [-0.2, -0.15) is 0 Å². The molecule has 0 unspecified atom stereocenters. The van der Waals surface area contributed by atoms with Gasteiger partial charge in [0.1, 0.15) is 5.70 Å². The lowest BCUT2D eigenvalue weighted by Crippen LogP contribution is -2.34. The van der Waals surface area contributed by atoms with Crippen LogP contribution in [0.25, 0.3) is 5.57 Å². The van der Waals surface area contributed by atoms with E-state index in [1.807, 2.05) is 36.9 Å². The van der Waals surface area contributed by atoms with Crippen LogP contribution in [-0.4, -0.2) is 44.0 Å². The largest absolute Gasteiger partial charge is 0.493 e. The quantitative estimate of drug-likeness (QED) is 0.709. The van der Waals surface area contributed by atoms with Gasteiger partial charge in [-0.1, -0.05) is 18.2 Å². The van der Waals surface area contributed by atoms with E-state index in [0.717, 1.165) is 42.6 Å². The highest BCUT2D eigenvalue weighted by Gasteiger charge is 2.43. The SMILES string of the molecule is COc1ccc(N2C(=O)C(c3ccc(C)c(C)c3)=C(N3CCCC3)C2=O)cc1OC. The number of anilines is 1. The summed E-state index contributed by atoms with van der Waals surface area (Å²) < 4.78 is 10.7. The molecule has 0 bridgehead atoms. The molecule has 2 aromatic carbocycles. The number of hydrogen-bond acceptors (Lipinski definition) is 5. The Morgan fingerprint density at radius 1 is 0.800 bits per heavy atom. The van der Waals surface area contributed by atoms with Crippen LogP contribution in [0.5, 0.6) is 11.5 Å². The zero-order valence-electron chi connectivity index (χ0n) is 17.8. The van der Waals surface area contributed by atoms with Gasteiger partial charge in [0, 0.05) is 19.2 Å². The van der Waals surface area contributed by atoms with E-state index in [0.29, 0.717) is 28.5 Å². The zero-order chi connectivity index (χ0) is 21.4. The molecule has 30 heavy (non-hydrogen) atoms. The first-order valence-corrected chi connectivity index (χ1v) is 10.1. The van der Waals surface area contributed by atoms with Gasteiger partial charge in [0.05, 0.1) is 25.5 Å². The van der Waals surface area contributed by atoms with E-state index in [2.05, 4.69) is 0 Å². The lowest BCUT2D eigenvalue weighted by Gasteiger charge is -2.20. The van der Waals surface area contributed by atoms with Crippen LogP contribution < -0.4 is 14.4 Å². The number of carbonyl (C=O) groups is 2. The minimum atomic E-state index is -0.308. The van der Waals surface area contributed by atoms with E-state index in [9.17, 15) is 9.59 Å². The summed E-state index contributed by atoms with van der Waals surface area (Å²) in [5.41, 5.74) is 4.45. The van der Waals surface area contributed by atoms with Crippen molar-refractivity contribution in [2.45, 2.75) is 26.7 Å². The molecule has 0 atom stereocenters. The molecule has 0 aliphatic carbocycles. The van der Waals surface area contributed by atoms with Gasteiger partial charge in [-0.3, -0.25) is 9.59 Å². The van der Waals surface area contributed by atoms with Crippen LogP contribution in [0.15, 0.2) is 42.1 Å². The Morgan fingerprint density at radius 2 is 1.50 bits per heavy atom. The number of rotatable bonds is 5. The predicted molar refractivity (Wildman–Crippen MR) is 116 cm³/mol. The number of nitrogens with zero attached hydrogens (tertiary/aromatic N) is 2. The third kappa shape index (κ3) is 3.22.